The maximum absolute atomic E-state index is 11.6. The molecule has 120 valence electrons. The average molecular weight is 307 g/mol. The first-order chi connectivity index (χ1) is 10.5. The highest BCUT2D eigenvalue weighted by Gasteiger charge is 2.15. The van der Waals surface area contributed by atoms with Gasteiger partial charge in [0.05, 0.1) is 11.8 Å². The third kappa shape index (κ3) is 4.14. The third-order valence-corrected chi connectivity index (χ3v) is 3.05. The van der Waals surface area contributed by atoms with E-state index in [0.717, 1.165) is 11.4 Å². The van der Waals surface area contributed by atoms with Crippen molar-refractivity contribution < 1.29 is 14.3 Å². The van der Waals surface area contributed by atoms with Crippen LogP contribution in [0.15, 0.2) is 10.5 Å². The minimum Gasteiger partial charge on any atom is -0.419 e. The van der Waals surface area contributed by atoms with E-state index in [1.165, 1.54) is 0 Å². The second-order valence-electron chi connectivity index (χ2n) is 5.14. The molecule has 0 saturated heterocycles. The summed E-state index contributed by atoms with van der Waals surface area (Å²) in [6.45, 7) is 6.45. The molecule has 22 heavy (non-hydrogen) atoms. The summed E-state index contributed by atoms with van der Waals surface area (Å²) in [5, 5.41) is 24.0. The van der Waals surface area contributed by atoms with Crippen molar-refractivity contribution in [2.45, 2.75) is 46.3 Å². The Morgan fingerprint density at radius 2 is 2.27 bits per heavy atom. The summed E-state index contributed by atoms with van der Waals surface area (Å²) in [4.78, 5) is 11.6. The second kappa shape index (κ2) is 7.17. The summed E-state index contributed by atoms with van der Waals surface area (Å²) in [5.74, 6) is 0.653. The second-order valence-corrected chi connectivity index (χ2v) is 5.14. The standard InChI is InChI=1S/C14H21N5O3/c1-4-19-11(7-9(2)18-19)14-17-16-13(22-14)6-5-12(21)15-8-10(3)20/h7,10,20H,4-6,8H2,1-3H3,(H,15,21). The Bertz CT molecular complexity index is 632. The highest BCUT2D eigenvalue weighted by molar-refractivity contribution is 5.76. The third-order valence-electron chi connectivity index (χ3n) is 3.05. The summed E-state index contributed by atoms with van der Waals surface area (Å²) in [6, 6.07) is 1.89. The lowest BCUT2D eigenvalue weighted by molar-refractivity contribution is -0.121. The van der Waals surface area contributed by atoms with Crippen LogP contribution in [0.4, 0.5) is 0 Å². The normalized spacial score (nSPS) is 12.4. The number of aromatic nitrogens is 4. The minimum atomic E-state index is -0.559. The first kappa shape index (κ1) is 16.2. The molecule has 0 aliphatic rings. The van der Waals surface area contributed by atoms with Crippen LogP contribution in [0.2, 0.25) is 0 Å². The van der Waals surface area contributed by atoms with Crippen LogP contribution >= 0.6 is 0 Å². The molecule has 0 bridgehead atoms. The van der Waals surface area contributed by atoms with Crippen LogP contribution < -0.4 is 5.32 Å². The van der Waals surface area contributed by atoms with Crippen molar-refractivity contribution in [2.24, 2.45) is 0 Å². The van der Waals surface area contributed by atoms with E-state index in [4.69, 9.17) is 9.52 Å². The molecule has 2 aromatic rings. The van der Waals surface area contributed by atoms with Gasteiger partial charge >= 0.3 is 0 Å². The molecule has 0 aliphatic heterocycles. The van der Waals surface area contributed by atoms with Crippen molar-refractivity contribution in [1.82, 2.24) is 25.3 Å². The molecular weight excluding hydrogens is 286 g/mol. The Kier molecular flexibility index (Phi) is 5.26. The van der Waals surface area contributed by atoms with Crippen molar-refractivity contribution in [3.63, 3.8) is 0 Å². The number of aliphatic hydroxyl groups is 1. The summed E-state index contributed by atoms with van der Waals surface area (Å²) >= 11 is 0. The first-order valence-electron chi connectivity index (χ1n) is 7.31. The Labute approximate surface area is 128 Å². The largest absolute Gasteiger partial charge is 0.419 e. The summed E-state index contributed by atoms with van der Waals surface area (Å²) in [5.41, 5.74) is 1.66. The van der Waals surface area contributed by atoms with Gasteiger partial charge < -0.3 is 14.8 Å². The number of nitrogens with one attached hydrogen (secondary N) is 1. The zero-order chi connectivity index (χ0) is 16.1. The summed E-state index contributed by atoms with van der Waals surface area (Å²) in [6.07, 6.45) is 0.0368. The van der Waals surface area contributed by atoms with Crippen molar-refractivity contribution in [3.05, 3.63) is 17.7 Å². The van der Waals surface area contributed by atoms with E-state index in [-0.39, 0.29) is 18.9 Å². The highest BCUT2D eigenvalue weighted by atomic mass is 16.4. The summed E-state index contributed by atoms with van der Waals surface area (Å²) < 4.78 is 7.38. The SMILES string of the molecule is CCn1nc(C)cc1-c1nnc(CCC(=O)NCC(C)O)o1. The van der Waals surface area contributed by atoms with E-state index < -0.39 is 6.10 Å². The van der Waals surface area contributed by atoms with Crippen LogP contribution in [0.5, 0.6) is 0 Å². The molecule has 1 atom stereocenters. The lowest BCUT2D eigenvalue weighted by Gasteiger charge is -2.05. The zero-order valence-corrected chi connectivity index (χ0v) is 13.0. The maximum Gasteiger partial charge on any atom is 0.265 e. The van der Waals surface area contributed by atoms with Crippen LogP contribution in [0.25, 0.3) is 11.6 Å². The minimum absolute atomic E-state index is 0.157. The summed E-state index contributed by atoms with van der Waals surface area (Å²) in [7, 11) is 0. The van der Waals surface area contributed by atoms with Gasteiger partial charge in [0.25, 0.3) is 5.89 Å². The van der Waals surface area contributed by atoms with E-state index >= 15 is 0 Å². The molecule has 2 aromatic heterocycles. The Morgan fingerprint density at radius 3 is 2.95 bits per heavy atom. The lowest BCUT2D eigenvalue weighted by atomic mass is 10.3. The fourth-order valence-corrected chi connectivity index (χ4v) is 1.99. The number of aryl methyl sites for hydroxylation is 3. The Balaban J connectivity index is 1.95. The number of rotatable bonds is 7. The number of carbonyl (C=O) groups is 1. The van der Waals surface area contributed by atoms with Gasteiger partial charge in [-0.2, -0.15) is 5.10 Å². The van der Waals surface area contributed by atoms with Gasteiger partial charge in [-0.25, -0.2) is 0 Å². The van der Waals surface area contributed by atoms with Crippen LogP contribution in [0.1, 0.15) is 31.9 Å². The average Bonchev–Trinajstić information content (AvgIpc) is 3.08. The molecule has 2 heterocycles. The molecule has 8 nitrogen and oxygen atoms in total. The van der Waals surface area contributed by atoms with E-state index in [1.54, 1.807) is 11.6 Å². The van der Waals surface area contributed by atoms with Gasteiger partial charge in [-0.3, -0.25) is 9.48 Å². The van der Waals surface area contributed by atoms with Gasteiger partial charge in [0.15, 0.2) is 0 Å². The van der Waals surface area contributed by atoms with E-state index in [0.29, 0.717) is 24.7 Å². The molecule has 8 heteroatoms. The van der Waals surface area contributed by atoms with Gasteiger partial charge in [-0.15, -0.1) is 10.2 Å². The quantitative estimate of drug-likeness (QED) is 0.779. The molecule has 0 saturated carbocycles. The molecule has 2 N–H and O–H groups in total. The molecule has 0 spiro atoms. The molecule has 1 amide bonds. The van der Waals surface area contributed by atoms with Crippen molar-refractivity contribution in [2.75, 3.05) is 6.54 Å². The van der Waals surface area contributed by atoms with Gasteiger partial charge in [0.2, 0.25) is 11.8 Å². The smallest absolute Gasteiger partial charge is 0.265 e. The van der Waals surface area contributed by atoms with Crippen LogP contribution in [-0.2, 0) is 17.8 Å². The fourth-order valence-electron chi connectivity index (χ4n) is 1.99. The number of hydrogen-bond donors (Lipinski definition) is 2. The highest BCUT2D eigenvalue weighted by Crippen LogP contribution is 2.19. The number of aliphatic hydroxyl groups excluding tert-OH is 1. The van der Waals surface area contributed by atoms with Crippen LogP contribution in [0.3, 0.4) is 0 Å². The van der Waals surface area contributed by atoms with E-state index in [9.17, 15) is 4.79 Å². The first-order valence-corrected chi connectivity index (χ1v) is 7.31. The van der Waals surface area contributed by atoms with Gasteiger partial charge in [-0.1, -0.05) is 0 Å². The van der Waals surface area contributed by atoms with Crippen LogP contribution in [0, 0.1) is 6.92 Å². The molecule has 0 radical (unpaired) electrons. The lowest BCUT2D eigenvalue weighted by Crippen LogP contribution is -2.30. The number of carbonyl (C=O) groups excluding carboxylic acids is 1. The number of hydrogen-bond acceptors (Lipinski definition) is 6. The van der Waals surface area contributed by atoms with Gasteiger partial charge in [-0.05, 0) is 26.8 Å². The number of nitrogens with zero attached hydrogens (tertiary/aromatic N) is 4. The Hall–Kier alpha value is -2.22. The molecule has 0 aliphatic carbocycles. The predicted molar refractivity (Wildman–Crippen MR) is 78.9 cm³/mol. The Morgan fingerprint density at radius 1 is 1.50 bits per heavy atom. The van der Waals surface area contributed by atoms with Gasteiger partial charge in [0.1, 0.15) is 5.69 Å². The molecule has 2 rings (SSSR count). The maximum atomic E-state index is 11.6. The topological polar surface area (TPSA) is 106 Å². The molecular formula is C14H21N5O3. The van der Waals surface area contributed by atoms with Gasteiger partial charge in [0, 0.05) is 25.9 Å². The van der Waals surface area contributed by atoms with Crippen molar-refractivity contribution in [3.8, 4) is 11.6 Å². The van der Waals surface area contributed by atoms with Crippen LogP contribution in [-0.4, -0.2) is 43.6 Å². The van der Waals surface area contributed by atoms with E-state index in [1.807, 2.05) is 19.9 Å². The number of amides is 1. The monoisotopic (exact) mass is 307 g/mol. The molecule has 1 unspecified atom stereocenters. The van der Waals surface area contributed by atoms with E-state index in [2.05, 4.69) is 20.6 Å². The fraction of sp³-hybridized carbons (Fsp3) is 0.571. The molecule has 0 aromatic carbocycles. The van der Waals surface area contributed by atoms with Crippen molar-refractivity contribution in [1.29, 1.82) is 0 Å². The predicted octanol–water partition coefficient (Wildman–Crippen LogP) is 0.691. The van der Waals surface area contributed by atoms with Crippen molar-refractivity contribution >= 4 is 5.91 Å². The zero-order valence-electron chi connectivity index (χ0n) is 13.0. The molecule has 0 fully saturated rings.